The van der Waals surface area contributed by atoms with Gasteiger partial charge in [0.25, 0.3) is 10.0 Å². The Morgan fingerprint density at radius 1 is 1.04 bits per heavy atom. The van der Waals surface area contributed by atoms with Crippen molar-refractivity contribution in [3.8, 4) is 5.75 Å². The number of rotatable bonds is 5. The third kappa shape index (κ3) is 3.94. The van der Waals surface area contributed by atoms with Crippen molar-refractivity contribution in [2.24, 2.45) is 0 Å². The number of methoxy groups -OCH3 is 1. The van der Waals surface area contributed by atoms with Gasteiger partial charge in [-0.1, -0.05) is 18.2 Å². The summed E-state index contributed by atoms with van der Waals surface area (Å²) < 4.78 is 34.0. The van der Waals surface area contributed by atoms with E-state index in [1.165, 1.54) is 7.11 Å². The maximum absolute atomic E-state index is 13.0. The SMILES string of the molecule is COc1ccc(C)cc1S(=O)(=O)Nc1ccccc1N1CCN(C)CC1. The van der Waals surface area contributed by atoms with Crippen molar-refractivity contribution in [3.05, 3.63) is 48.0 Å². The summed E-state index contributed by atoms with van der Waals surface area (Å²) in [6.45, 7) is 5.49. The number of nitrogens with zero attached hydrogens (tertiary/aromatic N) is 2. The lowest BCUT2D eigenvalue weighted by atomic mass is 10.2. The van der Waals surface area contributed by atoms with Crippen molar-refractivity contribution < 1.29 is 13.2 Å². The number of para-hydroxylation sites is 2. The van der Waals surface area contributed by atoms with Gasteiger partial charge in [-0.2, -0.15) is 0 Å². The fraction of sp³-hybridized carbons (Fsp3) is 0.368. The Bertz CT molecular complexity index is 875. The van der Waals surface area contributed by atoms with E-state index in [1.54, 1.807) is 18.2 Å². The van der Waals surface area contributed by atoms with E-state index >= 15 is 0 Å². The molecule has 0 unspecified atom stereocenters. The van der Waals surface area contributed by atoms with Gasteiger partial charge >= 0.3 is 0 Å². The quantitative estimate of drug-likeness (QED) is 0.870. The number of aryl methyl sites for hydroxylation is 1. The zero-order valence-electron chi connectivity index (χ0n) is 15.4. The van der Waals surface area contributed by atoms with E-state index in [2.05, 4.69) is 21.6 Å². The van der Waals surface area contributed by atoms with E-state index in [-0.39, 0.29) is 4.90 Å². The Kier molecular flexibility index (Phi) is 5.38. The molecule has 1 N–H and O–H groups in total. The molecule has 0 radical (unpaired) electrons. The molecule has 26 heavy (non-hydrogen) atoms. The van der Waals surface area contributed by atoms with Gasteiger partial charge in [-0.3, -0.25) is 4.72 Å². The molecule has 1 fully saturated rings. The highest BCUT2D eigenvalue weighted by molar-refractivity contribution is 7.92. The molecule has 140 valence electrons. The lowest BCUT2D eigenvalue weighted by Crippen LogP contribution is -2.44. The molecule has 0 amide bonds. The third-order valence-corrected chi connectivity index (χ3v) is 5.99. The molecule has 0 spiro atoms. The summed E-state index contributed by atoms with van der Waals surface area (Å²) in [6, 6.07) is 12.7. The monoisotopic (exact) mass is 375 g/mol. The predicted molar refractivity (Wildman–Crippen MR) is 105 cm³/mol. The maximum Gasteiger partial charge on any atom is 0.265 e. The van der Waals surface area contributed by atoms with Gasteiger partial charge in [0, 0.05) is 26.2 Å². The molecule has 1 heterocycles. The lowest BCUT2D eigenvalue weighted by Gasteiger charge is -2.35. The number of anilines is 2. The fourth-order valence-electron chi connectivity index (χ4n) is 3.08. The van der Waals surface area contributed by atoms with Gasteiger partial charge in [0.1, 0.15) is 10.6 Å². The summed E-state index contributed by atoms with van der Waals surface area (Å²) in [5.41, 5.74) is 2.34. The number of hydrogen-bond donors (Lipinski definition) is 1. The molecule has 6 nitrogen and oxygen atoms in total. The van der Waals surface area contributed by atoms with Crippen LogP contribution < -0.4 is 14.4 Å². The minimum Gasteiger partial charge on any atom is -0.495 e. The standard InChI is InChI=1S/C19H25N3O3S/c1-15-8-9-18(25-3)19(14-15)26(23,24)20-16-6-4-5-7-17(16)22-12-10-21(2)11-13-22/h4-9,14,20H,10-13H2,1-3H3. The Hall–Kier alpha value is -2.25. The van der Waals surface area contributed by atoms with Crippen LogP contribution in [0.4, 0.5) is 11.4 Å². The molecule has 1 saturated heterocycles. The summed E-state index contributed by atoms with van der Waals surface area (Å²) in [7, 11) is -0.195. The van der Waals surface area contributed by atoms with Crippen molar-refractivity contribution >= 4 is 21.4 Å². The van der Waals surface area contributed by atoms with Gasteiger partial charge < -0.3 is 14.5 Å². The van der Waals surface area contributed by atoms with Crippen molar-refractivity contribution in [2.75, 3.05) is 50.0 Å². The zero-order valence-corrected chi connectivity index (χ0v) is 16.2. The number of ether oxygens (including phenoxy) is 1. The van der Waals surface area contributed by atoms with Crippen LogP contribution in [0.15, 0.2) is 47.4 Å². The number of benzene rings is 2. The van der Waals surface area contributed by atoms with Crippen LogP contribution in [0, 0.1) is 6.92 Å². The van der Waals surface area contributed by atoms with Gasteiger partial charge in [-0.25, -0.2) is 8.42 Å². The second kappa shape index (κ2) is 7.55. The highest BCUT2D eigenvalue weighted by Crippen LogP contribution is 2.31. The van der Waals surface area contributed by atoms with Crippen LogP contribution in [0.1, 0.15) is 5.56 Å². The molecule has 0 aromatic heterocycles. The first-order valence-electron chi connectivity index (χ1n) is 8.61. The molecule has 3 rings (SSSR count). The minimum atomic E-state index is -3.76. The summed E-state index contributed by atoms with van der Waals surface area (Å²) in [5.74, 6) is 0.333. The van der Waals surface area contributed by atoms with Crippen molar-refractivity contribution in [1.82, 2.24) is 4.90 Å². The number of hydrogen-bond acceptors (Lipinski definition) is 5. The Labute approximate surface area is 155 Å². The molecule has 7 heteroatoms. The van der Waals surface area contributed by atoms with Crippen molar-refractivity contribution in [1.29, 1.82) is 0 Å². The second-order valence-corrected chi connectivity index (χ2v) is 8.22. The molecule has 1 aliphatic heterocycles. The normalized spacial score (nSPS) is 15.7. The van der Waals surface area contributed by atoms with E-state index in [1.807, 2.05) is 31.2 Å². The van der Waals surface area contributed by atoms with Gasteiger partial charge in [0.05, 0.1) is 18.5 Å². The third-order valence-electron chi connectivity index (χ3n) is 4.60. The Morgan fingerprint density at radius 3 is 2.42 bits per heavy atom. The van der Waals surface area contributed by atoms with Crippen molar-refractivity contribution in [2.45, 2.75) is 11.8 Å². The summed E-state index contributed by atoms with van der Waals surface area (Å²) >= 11 is 0. The molecular formula is C19H25N3O3S. The largest absolute Gasteiger partial charge is 0.495 e. The first kappa shape index (κ1) is 18.5. The Balaban J connectivity index is 1.93. The second-order valence-electron chi connectivity index (χ2n) is 6.57. The molecule has 0 bridgehead atoms. The number of likely N-dealkylation sites (N-methyl/N-ethyl adjacent to an activating group) is 1. The average molecular weight is 375 g/mol. The van der Waals surface area contributed by atoms with Gasteiger partial charge in [-0.15, -0.1) is 0 Å². The lowest BCUT2D eigenvalue weighted by molar-refractivity contribution is 0.313. The van der Waals surface area contributed by atoms with Crippen LogP contribution in [0.25, 0.3) is 0 Å². The first-order valence-corrected chi connectivity index (χ1v) is 10.1. The van der Waals surface area contributed by atoms with E-state index in [0.717, 1.165) is 37.4 Å². The van der Waals surface area contributed by atoms with Gasteiger partial charge in [0.2, 0.25) is 0 Å². The maximum atomic E-state index is 13.0. The van der Waals surface area contributed by atoms with Crippen LogP contribution in [0.5, 0.6) is 5.75 Å². The smallest absolute Gasteiger partial charge is 0.265 e. The molecule has 0 aliphatic carbocycles. The Morgan fingerprint density at radius 2 is 1.73 bits per heavy atom. The van der Waals surface area contributed by atoms with Crippen molar-refractivity contribution in [3.63, 3.8) is 0 Å². The predicted octanol–water partition coefficient (Wildman–Crippen LogP) is 2.56. The number of sulfonamides is 1. The van der Waals surface area contributed by atoms with Crippen LogP contribution in [-0.4, -0.2) is 53.7 Å². The van der Waals surface area contributed by atoms with Gasteiger partial charge in [-0.05, 0) is 43.8 Å². The fourth-order valence-corrected chi connectivity index (χ4v) is 4.41. The topological polar surface area (TPSA) is 61.9 Å². The average Bonchev–Trinajstić information content (AvgIpc) is 2.63. The van der Waals surface area contributed by atoms with E-state index in [9.17, 15) is 8.42 Å². The summed E-state index contributed by atoms with van der Waals surface area (Å²) in [5, 5.41) is 0. The van der Waals surface area contributed by atoms with Crippen LogP contribution in [0.2, 0.25) is 0 Å². The summed E-state index contributed by atoms with van der Waals surface area (Å²) in [4.78, 5) is 4.62. The molecule has 0 atom stereocenters. The van der Waals surface area contributed by atoms with Crippen LogP contribution in [0.3, 0.4) is 0 Å². The molecule has 0 saturated carbocycles. The highest BCUT2D eigenvalue weighted by Gasteiger charge is 2.23. The molecule has 2 aromatic carbocycles. The molecular weight excluding hydrogens is 350 g/mol. The van der Waals surface area contributed by atoms with E-state index in [0.29, 0.717) is 11.4 Å². The van der Waals surface area contributed by atoms with Gasteiger partial charge in [0.15, 0.2) is 0 Å². The zero-order chi connectivity index (χ0) is 18.7. The first-order chi connectivity index (χ1) is 12.4. The van der Waals surface area contributed by atoms with E-state index in [4.69, 9.17) is 4.74 Å². The highest BCUT2D eigenvalue weighted by atomic mass is 32.2. The van der Waals surface area contributed by atoms with Crippen LogP contribution >= 0.6 is 0 Å². The van der Waals surface area contributed by atoms with E-state index < -0.39 is 10.0 Å². The number of piperazine rings is 1. The summed E-state index contributed by atoms with van der Waals surface area (Å²) in [6.07, 6.45) is 0. The minimum absolute atomic E-state index is 0.146. The van der Waals surface area contributed by atoms with Crippen LogP contribution in [-0.2, 0) is 10.0 Å². The molecule has 1 aliphatic rings. The molecule has 2 aromatic rings. The number of nitrogens with one attached hydrogen (secondary N) is 1.